The minimum Gasteiger partial charge on any atom is -0.478 e. The second-order valence-electron chi connectivity index (χ2n) is 4.04. The monoisotopic (exact) mass is 316 g/mol. The van der Waals surface area contributed by atoms with Crippen molar-refractivity contribution < 1.29 is 18.3 Å². The summed E-state index contributed by atoms with van der Waals surface area (Å²) < 4.78 is 26.6. The van der Waals surface area contributed by atoms with E-state index in [0.717, 1.165) is 6.07 Å². The van der Waals surface area contributed by atoms with Crippen molar-refractivity contribution in [3.8, 4) is 6.07 Å². The van der Waals surface area contributed by atoms with Crippen LogP contribution in [0.15, 0.2) is 23.1 Å². The molecule has 20 heavy (non-hydrogen) atoms. The third kappa shape index (κ3) is 3.93. The molecule has 0 aromatic heterocycles. The van der Waals surface area contributed by atoms with Gasteiger partial charge in [-0.25, -0.2) is 17.9 Å². The first kappa shape index (κ1) is 16.4. The maximum Gasteiger partial charge on any atom is 0.337 e. The zero-order chi connectivity index (χ0) is 15.3. The standard InChI is InChI=1S/C12H13ClN2O4S/c1-2-8(5-6-14)15-20(18,19)9-3-4-11(13)10(7-9)12(16)17/h3-4,7-8,15H,2,5H2,1H3,(H,16,17). The van der Waals surface area contributed by atoms with Crippen LogP contribution in [0.2, 0.25) is 5.02 Å². The minimum atomic E-state index is -3.89. The predicted molar refractivity (Wildman–Crippen MR) is 73.0 cm³/mol. The number of halogens is 1. The number of carbonyl (C=O) groups is 1. The van der Waals surface area contributed by atoms with E-state index in [1.165, 1.54) is 12.1 Å². The van der Waals surface area contributed by atoms with Crippen molar-refractivity contribution in [1.29, 1.82) is 5.26 Å². The highest BCUT2D eigenvalue weighted by atomic mass is 35.5. The van der Waals surface area contributed by atoms with Gasteiger partial charge in [0, 0.05) is 6.04 Å². The van der Waals surface area contributed by atoms with Gasteiger partial charge in [0.15, 0.2) is 0 Å². The zero-order valence-corrected chi connectivity index (χ0v) is 12.2. The van der Waals surface area contributed by atoms with E-state index >= 15 is 0 Å². The summed E-state index contributed by atoms with van der Waals surface area (Å²) in [4.78, 5) is 10.7. The molecule has 0 amide bonds. The Bertz CT molecular complexity index is 652. The molecule has 1 rings (SSSR count). The van der Waals surface area contributed by atoms with Gasteiger partial charge in [-0.2, -0.15) is 5.26 Å². The highest BCUT2D eigenvalue weighted by Crippen LogP contribution is 2.21. The fourth-order valence-electron chi connectivity index (χ4n) is 1.50. The minimum absolute atomic E-state index is 0.0368. The van der Waals surface area contributed by atoms with Crippen LogP contribution in [0.1, 0.15) is 30.1 Å². The van der Waals surface area contributed by atoms with E-state index in [9.17, 15) is 13.2 Å². The average molecular weight is 317 g/mol. The van der Waals surface area contributed by atoms with Crippen LogP contribution in [-0.4, -0.2) is 25.5 Å². The maximum absolute atomic E-state index is 12.1. The second-order valence-corrected chi connectivity index (χ2v) is 6.16. The number of nitrogens with one attached hydrogen (secondary N) is 1. The van der Waals surface area contributed by atoms with Gasteiger partial charge in [0.05, 0.1) is 28.0 Å². The molecule has 0 saturated heterocycles. The number of nitrogens with zero attached hydrogens (tertiary/aromatic N) is 1. The molecule has 0 aliphatic rings. The van der Waals surface area contributed by atoms with Crippen molar-refractivity contribution in [3.63, 3.8) is 0 Å². The molecule has 1 atom stereocenters. The third-order valence-electron chi connectivity index (χ3n) is 2.63. The molecule has 0 bridgehead atoms. The second kappa shape index (κ2) is 6.70. The Hall–Kier alpha value is -1.62. The lowest BCUT2D eigenvalue weighted by molar-refractivity contribution is 0.0697. The van der Waals surface area contributed by atoms with Gasteiger partial charge in [-0.05, 0) is 24.6 Å². The van der Waals surface area contributed by atoms with Gasteiger partial charge < -0.3 is 5.11 Å². The molecule has 0 heterocycles. The van der Waals surface area contributed by atoms with Crippen LogP contribution in [0, 0.1) is 11.3 Å². The fraction of sp³-hybridized carbons (Fsp3) is 0.333. The van der Waals surface area contributed by atoms with Crippen molar-refractivity contribution in [2.75, 3.05) is 0 Å². The molecular weight excluding hydrogens is 304 g/mol. The lowest BCUT2D eigenvalue weighted by Crippen LogP contribution is -2.34. The first-order valence-corrected chi connectivity index (χ1v) is 7.60. The number of carboxylic acid groups (broad SMARTS) is 1. The van der Waals surface area contributed by atoms with Gasteiger partial charge in [-0.1, -0.05) is 18.5 Å². The third-order valence-corrected chi connectivity index (χ3v) is 4.48. The molecule has 8 heteroatoms. The summed E-state index contributed by atoms with van der Waals surface area (Å²) in [5.41, 5.74) is -0.289. The summed E-state index contributed by atoms with van der Waals surface area (Å²) in [6.07, 6.45) is 0.487. The summed E-state index contributed by atoms with van der Waals surface area (Å²) in [6, 6.07) is 4.79. The first-order valence-electron chi connectivity index (χ1n) is 5.74. The summed E-state index contributed by atoms with van der Waals surface area (Å²) in [7, 11) is -3.89. The Labute approximate surface area is 122 Å². The normalized spacial score (nSPS) is 12.7. The van der Waals surface area contributed by atoms with Crippen LogP contribution in [-0.2, 0) is 10.0 Å². The van der Waals surface area contributed by atoms with E-state index in [1.54, 1.807) is 6.92 Å². The summed E-state index contributed by atoms with van der Waals surface area (Å²) in [6.45, 7) is 1.75. The van der Waals surface area contributed by atoms with E-state index in [1.807, 2.05) is 6.07 Å². The topological polar surface area (TPSA) is 107 Å². The summed E-state index contributed by atoms with van der Waals surface area (Å²) in [5, 5.41) is 17.5. The Morgan fingerprint density at radius 1 is 1.55 bits per heavy atom. The van der Waals surface area contributed by atoms with Crippen LogP contribution in [0.3, 0.4) is 0 Å². The highest BCUT2D eigenvalue weighted by Gasteiger charge is 2.21. The number of hydrogen-bond acceptors (Lipinski definition) is 4. The largest absolute Gasteiger partial charge is 0.478 e. The maximum atomic E-state index is 12.1. The number of rotatable bonds is 6. The molecular formula is C12H13ClN2O4S. The van der Waals surface area contributed by atoms with Crippen molar-refractivity contribution in [3.05, 3.63) is 28.8 Å². The van der Waals surface area contributed by atoms with Gasteiger partial charge in [0.25, 0.3) is 0 Å². The van der Waals surface area contributed by atoms with Gasteiger partial charge in [-0.3, -0.25) is 0 Å². The summed E-state index contributed by atoms with van der Waals surface area (Å²) in [5.74, 6) is -1.31. The van der Waals surface area contributed by atoms with E-state index in [2.05, 4.69) is 4.72 Å². The number of sulfonamides is 1. The molecule has 0 spiro atoms. The van der Waals surface area contributed by atoms with E-state index in [0.29, 0.717) is 6.42 Å². The molecule has 1 aromatic rings. The fourth-order valence-corrected chi connectivity index (χ4v) is 3.05. The average Bonchev–Trinajstić information content (AvgIpc) is 2.37. The van der Waals surface area contributed by atoms with Gasteiger partial charge in [-0.15, -0.1) is 0 Å². The SMILES string of the molecule is CCC(CC#N)NS(=O)(=O)c1ccc(Cl)c(C(=O)O)c1. The van der Waals surface area contributed by atoms with Crippen LogP contribution >= 0.6 is 11.6 Å². The molecule has 6 nitrogen and oxygen atoms in total. The first-order chi connectivity index (χ1) is 9.31. The Balaban J connectivity index is 3.13. The molecule has 0 aliphatic heterocycles. The number of benzene rings is 1. The summed E-state index contributed by atoms with van der Waals surface area (Å²) >= 11 is 5.68. The van der Waals surface area contributed by atoms with E-state index in [-0.39, 0.29) is 21.9 Å². The lowest BCUT2D eigenvalue weighted by Gasteiger charge is -2.14. The molecule has 1 aromatic carbocycles. The molecule has 0 aliphatic carbocycles. The van der Waals surface area contributed by atoms with Gasteiger partial charge in [0.1, 0.15) is 0 Å². The number of hydrogen-bond donors (Lipinski definition) is 2. The van der Waals surface area contributed by atoms with Crippen LogP contribution in [0.4, 0.5) is 0 Å². The van der Waals surface area contributed by atoms with E-state index < -0.39 is 22.0 Å². The lowest BCUT2D eigenvalue weighted by atomic mass is 10.2. The highest BCUT2D eigenvalue weighted by molar-refractivity contribution is 7.89. The Kier molecular flexibility index (Phi) is 5.51. The van der Waals surface area contributed by atoms with Crippen LogP contribution in [0.5, 0.6) is 0 Å². The zero-order valence-electron chi connectivity index (χ0n) is 10.6. The van der Waals surface area contributed by atoms with Crippen molar-refractivity contribution in [2.24, 2.45) is 0 Å². The quantitative estimate of drug-likeness (QED) is 0.834. The van der Waals surface area contributed by atoms with E-state index in [4.69, 9.17) is 22.0 Å². The molecule has 0 fully saturated rings. The smallest absolute Gasteiger partial charge is 0.337 e. The molecule has 1 unspecified atom stereocenters. The predicted octanol–water partition coefficient (Wildman–Crippen LogP) is 2.01. The Morgan fingerprint density at radius 2 is 2.20 bits per heavy atom. The van der Waals surface area contributed by atoms with Gasteiger partial charge in [0.2, 0.25) is 10.0 Å². The van der Waals surface area contributed by atoms with Crippen molar-refractivity contribution in [1.82, 2.24) is 4.72 Å². The molecule has 0 saturated carbocycles. The van der Waals surface area contributed by atoms with Crippen molar-refractivity contribution >= 4 is 27.6 Å². The molecule has 2 N–H and O–H groups in total. The number of carboxylic acids is 1. The molecule has 108 valence electrons. The van der Waals surface area contributed by atoms with Crippen LogP contribution < -0.4 is 4.72 Å². The Morgan fingerprint density at radius 3 is 2.70 bits per heavy atom. The van der Waals surface area contributed by atoms with Gasteiger partial charge >= 0.3 is 5.97 Å². The number of nitriles is 1. The number of aromatic carboxylic acids is 1. The van der Waals surface area contributed by atoms with Crippen LogP contribution in [0.25, 0.3) is 0 Å². The molecule has 0 radical (unpaired) electrons. The van der Waals surface area contributed by atoms with Crippen molar-refractivity contribution in [2.45, 2.75) is 30.7 Å².